The number of nitrogen functional groups attached to an aromatic ring is 1. The number of hydrogen-bond donors (Lipinski definition) is 1. The number of benzene rings is 1. The first-order valence-electron chi connectivity index (χ1n) is 6.92. The van der Waals surface area contributed by atoms with Crippen LogP contribution in [0.25, 0.3) is 16.6 Å². The predicted molar refractivity (Wildman–Crippen MR) is 86.1 cm³/mol. The van der Waals surface area contributed by atoms with Crippen LogP contribution in [-0.4, -0.2) is 20.8 Å². The standard InChI is InChI=1S/C16H16FN5/c1-4-19-14-9(2)7-11(8-13(14)17)12-5-6-22-15(12)10(3)20-16(18)21-22/h4-8H,1-3H3,(H2,18,21). The maximum atomic E-state index is 14.3. The first kappa shape index (κ1) is 14.2. The molecule has 0 amide bonds. The highest BCUT2D eigenvalue weighted by atomic mass is 19.1. The van der Waals surface area contributed by atoms with Gasteiger partial charge in [0.2, 0.25) is 5.95 Å². The van der Waals surface area contributed by atoms with Crippen LogP contribution in [0.15, 0.2) is 29.4 Å². The highest BCUT2D eigenvalue weighted by Gasteiger charge is 2.14. The molecule has 0 saturated heterocycles. The molecule has 2 aromatic heterocycles. The Morgan fingerprint density at radius 2 is 2.09 bits per heavy atom. The Balaban J connectivity index is 2.24. The normalized spacial score (nSPS) is 11.6. The van der Waals surface area contributed by atoms with Gasteiger partial charge in [0.15, 0.2) is 0 Å². The summed E-state index contributed by atoms with van der Waals surface area (Å²) in [5.74, 6) is -0.136. The van der Waals surface area contributed by atoms with E-state index in [9.17, 15) is 4.39 Å². The highest BCUT2D eigenvalue weighted by molar-refractivity contribution is 5.83. The molecule has 0 fully saturated rings. The van der Waals surface area contributed by atoms with Crippen molar-refractivity contribution in [2.45, 2.75) is 20.8 Å². The molecule has 1 aromatic carbocycles. The SMILES string of the molecule is CC=Nc1c(C)cc(-c2ccn3nc(N)nc(C)c23)cc1F. The third-order valence-electron chi connectivity index (χ3n) is 3.52. The van der Waals surface area contributed by atoms with Gasteiger partial charge in [-0.1, -0.05) is 0 Å². The van der Waals surface area contributed by atoms with Crippen molar-refractivity contribution in [3.8, 4) is 11.1 Å². The number of fused-ring (bicyclic) bond motifs is 1. The van der Waals surface area contributed by atoms with Crippen LogP contribution in [0.5, 0.6) is 0 Å². The van der Waals surface area contributed by atoms with E-state index in [1.165, 1.54) is 6.07 Å². The molecule has 0 bridgehead atoms. The maximum Gasteiger partial charge on any atom is 0.238 e. The van der Waals surface area contributed by atoms with Crippen LogP contribution in [0.2, 0.25) is 0 Å². The Kier molecular flexibility index (Phi) is 3.36. The minimum atomic E-state index is -0.346. The lowest BCUT2D eigenvalue weighted by Crippen LogP contribution is -2.03. The number of aryl methyl sites for hydroxylation is 2. The van der Waals surface area contributed by atoms with Crippen LogP contribution in [0.3, 0.4) is 0 Å². The maximum absolute atomic E-state index is 14.3. The van der Waals surface area contributed by atoms with Gasteiger partial charge in [0.05, 0.1) is 11.2 Å². The Labute approximate surface area is 127 Å². The molecule has 0 unspecified atom stereocenters. The molecule has 0 spiro atoms. The van der Waals surface area contributed by atoms with Crippen LogP contribution in [0.1, 0.15) is 18.2 Å². The molecular weight excluding hydrogens is 281 g/mol. The minimum absolute atomic E-state index is 0.210. The van der Waals surface area contributed by atoms with E-state index in [2.05, 4.69) is 15.1 Å². The number of anilines is 1. The van der Waals surface area contributed by atoms with Crippen LogP contribution in [0.4, 0.5) is 16.0 Å². The number of rotatable bonds is 2. The molecule has 0 aliphatic carbocycles. The number of hydrogen-bond acceptors (Lipinski definition) is 4. The first-order chi connectivity index (χ1) is 10.5. The minimum Gasteiger partial charge on any atom is -0.367 e. The van der Waals surface area contributed by atoms with Crippen molar-refractivity contribution in [3.63, 3.8) is 0 Å². The van der Waals surface area contributed by atoms with Gasteiger partial charge in [0.1, 0.15) is 11.5 Å². The summed E-state index contributed by atoms with van der Waals surface area (Å²) in [5, 5.41) is 4.14. The van der Waals surface area contributed by atoms with Crippen molar-refractivity contribution in [2.75, 3.05) is 5.73 Å². The molecule has 6 heteroatoms. The van der Waals surface area contributed by atoms with Gasteiger partial charge in [-0.15, -0.1) is 5.10 Å². The summed E-state index contributed by atoms with van der Waals surface area (Å²) in [4.78, 5) is 8.25. The summed E-state index contributed by atoms with van der Waals surface area (Å²) in [7, 11) is 0. The summed E-state index contributed by atoms with van der Waals surface area (Å²) < 4.78 is 15.9. The van der Waals surface area contributed by atoms with E-state index < -0.39 is 0 Å². The summed E-state index contributed by atoms with van der Waals surface area (Å²) in [6.45, 7) is 5.46. The molecule has 0 saturated carbocycles. The van der Waals surface area contributed by atoms with Gasteiger partial charge < -0.3 is 5.73 Å². The number of nitrogens with zero attached hydrogens (tertiary/aromatic N) is 4. The topological polar surface area (TPSA) is 68.6 Å². The lowest BCUT2D eigenvalue weighted by Gasteiger charge is -2.08. The van der Waals surface area contributed by atoms with Gasteiger partial charge in [-0.2, -0.15) is 0 Å². The van der Waals surface area contributed by atoms with Gasteiger partial charge in [0, 0.05) is 18.0 Å². The monoisotopic (exact) mass is 297 g/mol. The van der Waals surface area contributed by atoms with E-state index in [4.69, 9.17) is 5.73 Å². The van der Waals surface area contributed by atoms with Gasteiger partial charge in [-0.25, -0.2) is 13.9 Å². The Morgan fingerprint density at radius 3 is 2.77 bits per heavy atom. The van der Waals surface area contributed by atoms with Crippen LogP contribution < -0.4 is 5.73 Å². The summed E-state index contributed by atoms with van der Waals surface area (Å²) in [6.07, 6.45) is 3.38. The fourth-order valence-corrected chi connectivity index (χ4v) is 2.64. The molecule has 2 heterocycles. The lowest BCUT2D eigenvalue weighted by molar-refractivity contribution is 0.629. The van der Waals surface area contributed by atoms with Crippen molar-refractivity contribution in [2.24, 2.45) is 4.99 Å². The van der Waals surface area contributed by atoms with E-state index in [1.54, 1.807) is 23.9 Å². The molecular formula is C16H16FN5. The predicted octanol–water partition coefficient (Wildman–Crippen LogP) is 3.46. The molecule has 0 aliphatic heterocycles. The van der Waals surface area contributed by atoms with Gasteiger partial charge in [0.25, 0.3) is 0 Å². The van der Waals surface area contributed by atoms with Gasteiger partial charge >= 0.3 is 0 Å². The summed E-state index contributed by atoms with van der Waals surface area (Å²) >= 11 is 0. The summed E-state index contributed by atoms with van der Waals surface area (Å²) in [6, 6.07) is 5.28. The second-order valence-corrected chi connectivity index (χ2v) is 5.09. The van der Waals surface area contributed by atoms with Crippen molar-refractivity contribution in [3.05, 3.63) is 41.5 Å². The van der Waals surface area contributed by atoms with E-state index in [-0.39, 0.29) is 11.8 Å². The average molecular weight is 297 g/mol. The van der Waals surface area contributed by atoms with E-state index >= 15 is 0 Å². The zero-order chi connectivity index (χ0) is 15.9. The van der Waals surface area contributed by atoms with Crippen molar-refractivity contribution >= 4 is 23.4 Å². The second-order valence-electron chi connectivity index (χ2n) is 5.09. The van der Waals surface area contributed by atoms with Crippen LogP contribution in [0, 0.1) is 19.7 Å². The van der Waals surface area contributed by atoms with E-state index in [0.717, 1.165) is 27.9 Å². The number of nitrogens with two attached hydrogens (primary N) is 1. The molecule has 3 aromatic rings. The number of aliphatic imine (C=N–C) groups is 1. The Morgan fingerprint density at radius 1 is 1.32 bits per heavy atom. The van der Waals surface area contributed by atoms with Crippen LogP contribution >= 0.6 is 0 Å². The third-order valence-corrected chi connectivity index (χ3v) is 3.52. The first-order valence-corrected chi connectivity index (χ1v) is 6.92. The molecule has 22 heavy (non-hydrogen) atoms. The molecule has 2 N–H and O–H groups in total. The average Bonchev–Trinajstić information content (AvgIpc) is 2.86. The number of halogens is 1. The fraction of sp³-hybridized carbons (Fsp3) is 0.188. The molecule has 5 nitrogen and oxygen atoms in total. The Hall–Kier alpha value is -2.76. The largest absolute Gasteiger partial charge is 0.367 e. The second kappa shape index (κ2) is 5.22. The lowest BCUT2D eigenvalue weighted by atomic mass is 10.0. The molecule has 3 rings (SSSR count). The molecule has 0 atom stereocenters. The summed E-state index contributed by atoms with van der Waals surface area (Å²) in [5.41, 5.74) is 10.0. The van der Waals surface area contributed by atoms with Crippen molar-refractivity contribution in [1.29, 1.82) is 0 Å². The van der Waals surface area contributed by atoms with Gasteiger partial charge in [-0.3, -0.25) is 4.99 Å². The molecule has 0 aliphatic rings. The zero-order valence-electron chi connectivity index (χ0n) is 12.6. The fourth-order valence-electron chi connectivity index (χ4n) is 2.64. The highest BCUT2D eigenvalue weighted by Crippen LogP contribution is 2.32. The Bertz CT molecular complexity index is 872. The quantitative estimate of drug-likeness (QED) is 0.736. The van der Waals surface area contributed by atoms with Crippen molar-refractivity contribution < 1.29 is 4.39 Å². The molecule has 112 valence electrons. The smallest absolute Gasteiger partial charge is 0.238 e. The van der Waals surface area contributed by atoms with E-state index in [1.807, 2.05) is 26.0 Å². The van der Waals surface area contributed by atoms with Crippen molar-refractivity contribution in [1.82, 2.24) is 14.6 Å². The zero-order valence-corrected chi connectivity index (χ0v) is 12.6. The van der Waals surface area contributed by atoms with Crippen LogP contribution in [-0.2, 0) is 0 Å². The third kappa shape index (κ3) is 2.22. The van der Waals surface area contributed by atoms with E-state index in [0.29, 0.717) is 5.69 Å². The molecule has 0 radical (unpaired) electrons. The van der Waals surface area contributed by atoms with Gasteiger partial charge in [-0.05, 0) is 50.1 Å². The number of aromatic nitrogens is 3.